The van der Waals surface area contributed by atoms with Crippen molar-refractivity contribution in [1.29, 1.82) is 10.5 Å². The molecule has 122 heavy (non-hydrogen) atoms. The van der Waals surface area contributed by atoms with Gasteiger partial charge in [0.25, 0.3) is 0 Å². The minimum absolute atomic E-state index is 0. The first kappa shape index (κ1) is 138. The second kappa shape index (κ2) is 71.4. The standard InChI is InChI=1S/C16H26O2.C13H24O4.C11H20O3.C9H15NO2.C9H16O2.C6H11N.C6H10O2.2C6H12O2.C5H11NO.C5H9N.6CH4/c1-10(2)11(3)15(17)18-16-7-12-4-13(8-16)6-14(5-12)9-16;1-5-7-15-8-9-16-10-11-17-12(14)13(3,4)6-2;1-5-7-13-8-9-14-10(12)11(3,4)6-2;1-9(2-3-9)8(11)10-4-6-12-7-5-10;1-5-7-11-8(10)9(3,4)6-2;1-4-6(2,3)5-7;1-5(7)8-6(2)3-4-6;2*1-4-6(2,3)5(7)8;1-3-4(2)5(6)7;1-3-5(2)4-6;;;;;;/h10-14H,4-9H2,1-3H3;5H,1,6-11H2,2-4H3;5H,1,6-9H2,2-4H3;2-7H2,1H3;5H,1,6-7H2,2-4H3;4H2,1-3H3;3-4H2,1-2H3;2*4H2,1-3H3,(H,7,8);4H,3H2,1-2H3,(H2,6,7);5H,3H2,1-2H3;6*1H4. The molecule has 1 saturated heterocycles. The molecule has 7 rings (SSSR count). The second-order valence-corrected chi connectivity index (χ2v) is 35.9. The molecule has 6 saturated carbocycles. The topological polar surface area (TPSA) is 354 Å². The maximum absolute atomic E-state index is 12.2. The van der Waals surface area contributed by atoms with Gasteiger partial charge in [-0.15, -0.1) is 13.2 Å². The summed E-state index contributed by atoms with van der Waals surface area (Å²) in [4.78, 5) is 101. The van der Waals surface area contributed by atoms with Gasteiger partial charge in [0.05, 0.1) is 103 Å². The molecule has 0 aromatic carbocycles. The predicted molar refractivity (Wildman–Crippen MR) is 500 cm³/mol. The van der Waals surface area contributed by atoms with Crippen molar-refractivity contribution in [3.05, 3.63) is 38.0 Å². The van der Waals surface area contributed by atoms with Crippen LogP contribution >= 0.6 is 0 Å². The van der Waals surface area contributed by atoms with Crippen molar-refractivity contribution < 1.29 is 96.0 Å². The van der Waals surface area contributed by atoms with Gasteiger partial charge in [-0.05, 0) is 236 Å². The molecule has 24 heteroatoms. The van der Waals surface area contributed by atoms with Gasteiger partial charge in [-0.1, -0.05) is 159 Å². The van der Waals surface area contributed by atoms with Crippen LogP contribution in [0.5, 0.6) is 0 Å². The molecule has 2 amide bonds. The molecule has 0 aromatic rings. The molecule has 1 heterocycles. The second-order valence-electron chi connectivity index (χ2n) is 35.9. The van der Waals surface area contributed by atoms with Crippen LogP contribution in [0.2, 0.25) is 0 Å². The fraction of sp³-hybridized carbons (Fsp3) is 0.827. The molecule has 4 N–H and O–H groups in total. The summed E-state index contributed by atoms with van der Waals surface area (Å²) in [5.41, 5.74) is 2.41. The molecule has 6 aliphatic carbocycles. The minimum Gasteiger partial charge on any atom is -0.481 e. The van der Waals surface area contributed by atoms with E-state index in [-0.39, 0.29) is 126 Å². The average Bonchev–Trinajstić information content (AvgIpc) is 1.08. The van der Waals surface area contributed by atoms with E-state index >= 15 is 0 Å². The van der Waals surface area contributed by atoms with Crippen molar-refractivity contribution in [2.24, 2.45) is 85.1 Å². The Kier molecular flexibility index (Phi) is 81.1. The number of hydrogen-bond donors (Lipinski definition) is 3. The van der Waals surface area contributed by atoms with Crippen molar-refractivity contribution in [2.45, 2.75) is 365 Å². The van der Waals surface area contributed by atoms with Crippen LogP contribution in [0.1, 0.15) is 354 Å². The Morgan fingerprint density at radius 1 is 0.508 bits per heavy atom. The van der Waals surface area contributed by atoms with Crippen LogP contribution in [0.4, 0.5) is 0 Å². The highest BCUT2D eigenvalue weighted by atomic mass is 16.6. The summed E-state index contributed by atoms with van der Waals surface area (Å²) in [5.74, 6) is 1.32. The van der Waals surface area contributed by atoms with E-state index in [0.29, 0.717) is 97.3 Å². The van der Waals surface area contributed by atoms with Gasteiger partial charge in [-0.2, -0.15) is 10.5 Å². The maximum Gasteiger partial charge on any atom is 0.311 e. The summed E-state index contributed by atoms with van der Waals surface area (Å²) in [5, 5.41) is 33.3. The molecule has 4 bridgehead atoms. The first-order valence-corrected chi connectivity index (χ1v) is 42.5. The molecule has 3 unspecified atom stereocenters. The van der Waals surface area contributed by atoms with Gasteiger partial charge in [0.2, 0.25) is 11.8 Å². The minimum atomic E-state index is -0.722. The van der Waals surface area contributed by atoms with E-state index < -0.39 is 33.6 Å². The number of ether oxygens (including phenoxy) is 9. The van der Waals surface area contributed by atoms with Gasteiger partial charge in [0.15, 0.2) is 0 Å². The van der Waals surface area contributed by atoms with Gasteiger partial charge in [0, 0.05) is 37.3 Å². The Morgan fingerprint density at radius 2 is 0.852 bits per heavy atom. The number of morpholine rings is 1. The lowest BCUT2D eigenvalue weighted by atomic mass is 9.54. The molecule has 0 spiro atoms. The average molecular weight is 1740 g/mol. The molecule has 7 fully saturated rings. The fourth-order valence-corrected chi connectivity index (χ4v) is 9.68. The highest BCUT2D eigenvalue weighted by Gasteiger charge is 2.54. The Balaban J connectivity index is -0.000000125. The number of carboxylic acids is 2. The molecule has 0 radical (unpaired) electrons. The van der Waals surface area contributed by atoms with Crippen molar-refractivity contribution in [1.82, 2.24) is 4.90 Å². The molecular weight excluding hydrogens is 1550 g/mol. The molecule has 0 aromatic heterocycles. The smallest absolute Gasteiger partial charge is 0.311 e. The summed E-state index contributed by atoms with van der Waals surface area (Å²) in [6, 6.07) is 4.31. The predicted octanol–water partition coefficient (Wildman–Crippen LogP) is 22.9. The van der Waals surface area contributed by atoms with Crippen LogP contribution in [0.25, 0.3) is 0 Å². The third-order valence-corrected chi connectivity index (χ3v) is 22.3. The number of carbonyl (C=O) groups is 9. The van der Waals surface area contributed by atoms with Gasteiger partial charge < -0.3 is 63.5 Å². The summed E-state index contributed by atoms with van der Waals surface area (Å²) < 4.78 is 46.6. The molecule has 1 aliphatic heterocycles. The number of aliphatic carboxylic acids is 2. The first-order valence-electron chi connectivity index (χ1n) is 42.5. The Labute approximate surface area is 747 Å². The number of amides is 2. The summed E-state index contributed by atoms with van der Waals surface area (Å²) >= 11 is 0. The monoisotopic (exact) mass is 1740 g/mol. The highest BCUT2D eigenvalue weighted by molar-refractivity contribution is 5.85. The molecule has 7 aliphatic rings. The van der Waals surface area contributed by atoms with Crippen molar-refractivity contribution in [3.8, 4) is 12.1 Å². The quantitative estimate of drug-likeness (QED) is 0.0233. The zero-order valence-corrected chi connectivity index (χ0v) is 78.0. The van der Waals surface area contributed by atoms with E-state index in [1.165, 1.54) is 26.2 Å². The normalized spacial score (nSPS) is 17.8. The number of nitriles is 2. The zero-order chi connectivity index (χ0) is 91.1. The van der Waals surface area contributed by atoms with E-state index in [4.69, 9.17) is 69.1 Å². The fourth-order valence-electron chi connectivity index (χ4n) is 9.68. The van der Waals surface area contributed by atoms with Gasteiger partial charge in [-0.25, -0.2) is 0 Å². The van der Waals surface area contributed by atoms with Gasteiger partial charge >= 0.3 is 41.8 Å². The lowest BCUT2D eigenvalue weighted by Crippen LogP contribution is -2.53. The number of rotatable bonds is 34. The largest absolute Gasteiger partial charge is 0.481 e. The first-order chi connectivity index (χ1) is 53.6. The van der Waals surface area contributed by atoms with Crippen LogP contribution in [-0.2, 0) is 85.8 Å². The highest BCUT2D eigenvalue weighted by Crippen LogP contribution is 2.57. The number of nitrogens with zero attached hydrogens (tertiary/aromatic N) is 3. The Bertz CT molecular complexity index is 2860. The Hall–Kier alpha value is -6.73. The molecule has 722 valence electrons. The van der Waals surface area contributed by atoms with Crippen LogP contribution in [0.3, 0.4) is 0 Å². The number of esters is 5. The molecular formula is C98H190N4O20. The third-order valence-electron chi connectivity index (χ3n) is 22.3. The van der Waals surface area contributed by atoms with E-state index in [0.717, 1.165) is 114 Å². The van der Waals surface area contributed by atoms with E-state index in [1.807, 2.05) is 143 Å². The van der Waals surface area contributed by atoms with Crippen molar-refractivity contribution >= 4 is 53.6 Å². The summed E-state index contributed by atoms with van der Waals surface area (Å²) in [6.07, 6.45) is 23.2. The number of carbonyl (C=O) groups excluding carboxylic acids is 7. The third kappa shape index (κ3) is 64.9. The molecule has 24 nitrogen and oxygen atoms in total. The summed E-state index contributed by atoms with van der Waals surface area (Å²) in [7, 11) is 0. The van der Waals surface area contributed by atoms with Crippen molar-refractivity contribution in [3.63, 3.8) is 0 Å². The summed E-state index contributed by atoms with van der Waals surface area (Å²) in [6.45, 7) is 70.3. The van der Waals surface area contributed by atoms with E-state index in [2.05, 4.69) is 52.6 Å². The SMILES string of the molecule is C.C.C.C.C.C.C=CCOC(=O)C(C)(C)CC.C=CCOCCOC(=O)C(C)(C)CC.C=CCOCCOCCOC(=O)C(C)(C)CC.CC(=O)OC1(C)CC1.CC(C)C(C)C(=O)OC12CC3CC(CC(C3)C1)C2.CC1(C(=O)N2CCOCC2)CC1.CCC(C)(C)C#N.CCC(C)(C)C(=O)O.CCC(C)(C)C(=O)O.CCC(C)C#N.CCC(C)C(N)=O. The Morgan fingerprint density at radius 3 is 1.08 bits per heavy atom. The van der Waals surface area contributed by atoms with Gasteiger partial charge in [-0.3, -0.25) is 43.2 Å². The van der Waals surface area contributed by atoms with Crippen molar-refractivity contribution in [2.75, 3.05) is 85.8 Å². The zero-order valence-electron chi connectivity index (χ0n) is 78.0. The van der Waals surface area contributed by atoms with E-state index in [9.17, 15) is 43.2 Å². The van der Waals surface area contributed by atoms with Crippen LogP contribution in [0.15, 0.2) is 38.0 Å². The number of nitrogens with two attached hydrogens (primary N) is 1. The number of carboxylic acid groups (broad SMARTS) is 2. The number of primary amides is 1. The molecule has 3 atom stereocenters. The van der Waals surface area contributed by atoms with Gasteiger partial charge in [0.1, 0.15) is 31.0 Å². The van der Waals surface area contributed by atoms with Crippen LogP contribution in [0, 0.1) is 102 Å². The lowest BCUT2D eigenvalue weighted by Gasteiger charge is -2.55. The van der Waals surface area contributed by atoms with Crippen LogP contribution in [-0.4, -0.2) is 166 Å². The number of hydrogen-bond acceptors (Lipinski definition) is 20. The van der Waals surface area contributed by atoms with Crippen LogP contribution < -0.4 is 5.73 Å². The van der Waals surface area contributed by atoms with E-state index in [1.54, 1.807) is 45.9 Å². The lowest BCUT2D eigenvalue weighted by molar-refractivity contribution is -0.191. The maximum atomic E-state index is 12.2.